The monoisotopic (exact) mass is 449 g/mol. The average Bonchev–Trinajstić information content (AvgIpc) is 2.65. The zero-order valence-corrected chi connectivity index (χ0v) is 17.1. The number of para-hydroxylation sites is 1. The van der Waals surface area contributed by atoms with Crippen LogP contribution in [0.1, 0.15) is 25.0 Å². The Balaban J connectivity index is 2.10. The number of hydrogen-bond donors (Lipinski definition) is 1. The minimum absolute atomic E-state index is 0.101. The summed E-state index contributed by atoms with van der Waals surface area (Å²) in [6.07, 6.45) is 1.29. The summed E-state index contributed by atoms with van der Waals surface area (Å²) in [6.45, 7) is 4.71. The van der Waals surface area contributed by atoms with Gasteiger partial charge in [0.1, 0.15) is 11.5 Å². The molecule has 0 fully saturated rings. The van der Waals surface area contributed by atoms with Crippen molar-refractivity contribution in [2.24, 2.45) is 5.10 Å². The molecule has 2 rings (SSSR count). The molecule has 0 unspecified atom stereocenters. The van der Waals surface area contributed by atoms with Crippen LogP contribution in [0.2, 0.25) is 0 Å². The van der Waals surface area contributed by atoms with Crippen molar-refractivity contribution in [3.8, 4) is 11.5 Å². The highest BCUT2D eigenvalue weighted by Gasteiger charge is 2.15. The van der Waals surface area contributed by atoms with Crippen molar-refractivity contribution in [2.75, 3.05) is 13.2 Å². The van der Waals surface area contributed by atoms with Crippen LogP contribution in [-0.4, -0.2) is 30.3 Å². The van der Waals surface area contributed by atoms with Crippen LogP contribution in [0.5, 0.6) is 11.5 Å². The molecule has 0 aliphatic heterocycles. The molecule has 0 aliphatic carbocycles. The van der Waals surface area contributed by atoms with Crippen LogP contribution in [0.15, 0.2) is 46.0 Å². The number of amides is 1. The van der Waals surface area contributed by atoms with Gasteiger partial charge in [-0.25, -0.2) is 5.43 Å². The van der Waals surface area contributed by atoms with Crippen molar-refractivity contribution in [3.05, 3.63) is 62.1 Å². The number of nitro groups is 1. The number of benzene rings is 2. The first-order valence-corrected chi connectivity index (χ1v) is 9.38. The quantitative estimate of drug-likeness (QED) is 0.355. The van der Waals surface area contributed by atoms with E-state index in [1.54, 1.807) is 24.3 Å². The van der Waals surface area contributed by atoms with E-state index in [0.717, 1.165) is 4.47 Å². The van der Waals surface area contributed by atoms with Gasteiger partial charge in [0.25, 0.3) is 5.69 Å². The Morgan fingerprint density at radius 3 is 2.57 bits per heavy atom. The van der Waals surface area contributed by atoms with Crippen LogP contribution in [0, 0.1) is 10.1 Å². The number of nitrogens with one attached hydrogen (secondary N) is 1. The van der Waals surface area contributed by atoms with Gasteiger partial charge in [-0.1, -0.05) is 18.2 Å². The number of nitrogens with zero attached hydrogens (tertiary/aromatic N) is 2. The molecule has 148 valence electrons. The van der Waals surface area contributed by atoms with Crippen molar-refractivity contribution in [3.63, 3.8) is 0 Å². The lowest BCUT2D eigenvalue weighted by atomic mass is 10.1. The number of hydrogen-bond acceptors (Lipinski definition) is 6. The Morgan fingerprint density at radius 1 is 1.21 bits per heavy atom. The first-order valence-electron chi connectivity index (χ1n) is 8.59. The average molecular weight is 450 g/mol. The molecule has 0 radical (unpaired) electrons. The fourth-order valence-electron chi connectivity index (χ4n) is 2.42. The zero-order chi connectivity index (χ0) is 20.5. The van der Waals surface area contributed by atoms with Gasteiger partial charge in [-0.05, 0) is 35.8 Å². The van der Waals surface area contributed by atoms with Gasteiger partial charge in [0, 0.05) is 23.3 Å². The molecule has 0 aliphatic rings. The topological polar surface area (TPSA) is 103 Å². The molecule has 8 nitrogen and oxygen atoms in total. The van der Waals surface area contributed by atoms with E-state index in [1.807, 2.05) is 13.8 Å². The third-order valence-corrected chi connectivity index (χ3v) is 4.22. The van der Waals surface area contributed by atoms with Gasteiger partial charge >= 0.3 is 0 Å². The molecule has 2 aromatic carbocycles. The van der Waals surface area contributed by atoms with Gasteiger partial charge in [0.2, 0.25) is 5.91 Å². The second-order valence-electron chi connectivity index (χ2n) is 5.54. The van der Waals surface area contributed by atoms with Crippen molar-refractivity contribution in [1.29, 1.82) is 0 Å². The summed E-state index contributed by atoms with van der Waals surface area (Å²) in [5, 5.41) is 15.0. The van der Waals surface area contributed by atoms with Crippen LogP contribution < -0.4 is 14.9 Å². The predicted octanol–water partition coefficient (Wildman–Crippen LogP) is 3.85. The van der Waals surface area contributed by atoms with Gasteiger partial charge in [-0.15, -0.1) is 0 Å². The molecular weight excluding hydrogens is 430 g/mol. The third kappa shape index (κ3) is 5.78. The van der Waals surface area contributed by atoms with Crippen molar-refractivity contribution >= 4 is 33.7 Å². The molecular formula is C19H20BrN3O5. The van der Waals surface area contributed by atoms with Gasteiger partial charge in [-0.3, -0.25) is 14.9 Å². The molecule has 0 saturated carbocycles. The summed E-state index contributed by atoms with van der Waals surface area (Å²) in [6, 6.07) is 9.61. The van der Waals surface area contributed by atoms with Crippen LogP contribution >= 0.6 is 15.9 Å². The van der Waals surface area contributed by atoms with Gasteiger partial charge in [-0.2, -0.15) is 5.10 Å². The van der Waals surface area contributed by atoms with Crippen LogP contribution in [0.3, 0.4) is 0 Å². The van der Waals surface area contributed by atoms with Crippen LogP contribution in [0.25, 0.3) is 0 Å². The summed E-state index contributed by atoms with van der Waals surface area (Å²) in [5.74, 6) is 0.739. The number of carbonyl (C=O) groups is 1. The first kappa shape index (κ1) is 21.4. The molecule has 2 aromatic rings. The molecule has 0 aromatic heterocycles. The maximum Gasteiger partial charge on any atom is 0.273 e. The fraction of sp³-hybridized carbons (Fsp3) is 0.263. The summed E-state index contributed by atoms with van der Waals surface area (Å²) < 4.78 is 11.8. The second kappa shape index (κ2) is 10.4. The Labute approximate surface area is 170 Å². The molecule has 0 atom stereocenters. The van der Waals surface area contributed by atoms with Crippen LogP contribution in [0.4, 0.5) is 5.69 Å². The lowest BCUT2D eigenvalue weighted by molar-refractivity contribution is -0.385. The molecule has 0 bridgehead atoms. The number of hydrazone groups is 1. The minimum Gasteiger partial charge on any atom is -0.493 e. The molecule has 0 saturated heterocycles. The summed E-state index contributed by atoms with van der Waals surface area (Å²) in [4.78, 5) is 22.6. The molecule has 28 heavy (non-hydrogen) atoms. The number of carbonyl (C=O) groups excluding carboxylic acids is 1. The Hall–Kier alpha value is -2.94. The summed E-state index contributed by atoms with van der Waals surface area (Å²) in [5.41, 5.74) is 3.24. The van der Waals surface area contributed by atoms with Crippen molar-refractivity contribution in [2.45, 2.75) is 20.3 Å². The highest BCUT2D eigenvalue weighted by atomic mass is 79.9. The standard InChI is InChI=1S/C19H20BrN3O5/c1-3-27-17-11-18(28-4-2)15(20)9-14(17)12-21-22-19(24)10-13-7-5-6-8-16(13)23(25)26/h5-9,11-12H,3-4,10H2,1-2H3,(H,22,24). The van der Waals surface area contributed by atoms with E-state index in [4.69, 9.17) is 9.47 Å². The SMILES string of the molecule is CCOc1cc(OCC)c(C=NNC(=O)Cc2ccccc2[N+](=O)[O-])cc1Br. The number of ether oxygens (including phenoxy) is 2. The largest absolute Gasteiger partial charge is 0.493 e. The summed E-state index contributed by atoms with van der Waals surface area (Å²) in [7, 11) is 0. The second-order valence-corrected chi connectivity index (χ2v) is 6.40. The van der Waals surface area contributed by atoms with E-state index in [1.165, 1.54) is 18.3 Å². The smallest absolute Gasteiger partial charge is 0.273 e. The van der Waals surface area contributed by atoms with Gasteiger partial charge in [0.15, 0.2) is 0 Å². The van der Waals surface area contributed by atoms with E-state index in [-0.39, 0.29) is 12.1 Å². The number of halogens is 1. The highest BCUT2D eigenvalue weighted by molar-refractivity contribution is 9.10. The van der Waals surface area contributed by atoms with E-state index >= 15 is 0 Å². The maximum absolute atomic E-state index is 12.1. The fourth-order valence-corrected chi connectivity index (χ4v) is 2.90. The van der Waals surface area contributed by atoms with E-state index in [0.29, 0.717) is 35.8 Å². The van der Waals surface area contributed by atoms with Crippen molar-refractivity contribution in [1.82, 2.24) is 5.43 Å². The Bertz CT molecular complexity index is 886. The van der Waals surface area contributed by atoms with Gasteiger partial charge in [0.05, 0.1) is 35.2 Å². The van der Waals surface area contributed by atoms with E-state index in [2.05, 4.69) is 26.5 Å². The van der Waals surface area contributed by atoms with Gasteiger partial charge < -0.3 is 9.47 Å². The molecule has 1 amide bonds. The lowest BCUT2D eigenvalue weighted by Gasteiger charge is -2.12. The molecule has 0 spiro atoms. The van der Waals surface area contributed by atoms with Crippen molar-refractivity contribution < 1.29 is 19.2 Å². The lowest BCUT2D eigenvalue weighted by Crippen LogP contribution is -2.20. The number of nitro benzene ring substituents is 1. The number of rotatable bonds is 9. The minimum atomic E-state index is -0.516. The predicted molar refractivity (Wildman–Crippen MR) is 109 cm³/mol. The Morgan fingerprint density at radius 2 is 1.89 bits per heavy atom. The first-order chi connectivity index (χ1) is 13.5. The third-order valence-electron chi connectivity index (χ3n) is 3.60. The highest BCUT2D eigenvalue weighted by Crippen LogP contribution is 2.32. The normalized spacial score (nSPS) is 10.7. The van der Waals surface area contributed by atoms with E-state index in [9.17, 15) is 14.9 Å². The van der Waals surface area contributed by atoms with Crippen LogP contribution in [-0.2, 0) is 11.2 Å². The van der Waals surface area contributed by atoms with E-state index < -0.39 is 10.8 Å². The summed E-state index contributed by atoms with van der Waals surface area (Å²) >= 11 is 3.43. The zero-order valence-electron chi connectivity index (χ0n) is 15.5. The molecule has 9 heteroatoms. The molecule has 0 heterocycles. The molecule has 1 N–H and O–H groups in total. The maximum atomic E-state index is 12.1. The Kier molecular flexibility index (Phi) is 7.94.